The number of nitrogens with one attached hydrogen (secondary N) is 2. The third-order valence-electron chi connectivity index (χ3n) is 3.88. The van der Waals surface area contributed by atoms with Crippen molar-refractivity contribution >= 4 is 28.4 Å². The van der Waals surface area contributed by atoms with Crippen molar-refractivity contribution in [2.75, 3.05) is 26.7 Å². The fraction of sp³-hybridized carbons (Fsp3) is 0.533. The summed E-state index contributed by atoms with van der Waals surface area (Å²) in [5.74, 6) is -1.15. The van der Waals surface area contributed by atoms with Gasteiger partial charge in [0.05, 0.1) is 17.6 Å². The largest absolute Gasteiger partial charge is 0.465 e. The molecule has 2 rings (SSSR count). The molecule has 1 aliphatic rings. The Kier molecular flexibility index (Phi) is 8.08. The second kappa shape index (κ2) is 9.31. The van der Waals surface area contributed by atoms with Crippen LogP contribution >= 0.6 is 12.4 Å². The maximum Gasteiger partial charge on any atom is 0.339 e. The summed E-state index contributed by atoms with van der Waals surface area (Å²) in [5, 5.41) is 3.27. The molecule has 1 fully saturated rings. The maximum absolute atomic E-state index is 13.3. The van der Waals surface area contributed by atoms with E-state index in [2.05, 4.69) is 14.8 Å². The molecule has 0 amide bonds. The number of hydrogen-bond donors (Lipinski definition) is 2. The minimum absolute atomic E-state index is 0. The average Bonchev–Trinajstić information content (AvgIpc) is 2.54. The average molecular weight is 381 g/mol. The Morgan fingerprint density at radius 1 is 1.46 bits per heavy atom. The standard InChI is InChI=1S/C15H21FN2O4S.ClH/c1-22-15(19)13-9-12(16)4-5-14(13)23(20,21)18-8-6-11-3-2-7-17-10-11;/h4-5,9,11,17-18H,2-3,6-8,10H2,1H3;1H. The Morgan fingerprint density at radius 2 is 2.21 bits per heavy atom. The van der Waals surface area contributed by atoms with Gasteiger partial charge in [0.2, 0.25) is 10.0 Å². The summed E-state index contributed by atoms with van der Waals surface area (Å²) in [6.07, 6.45) is 2.86. The van der Waals surface area contributed by atoms with E-state index in [9.17, 15) is 17.6 Å². The summed E-state index contributed by atoms with van der Waals surface area (Å²) in [7, 11) is -2.78. The van der Waals surface area contributed by atoms with Crippen molar-refractivity contribution in [3.8, 4) is 0 Å². The van der Waals surface area contributed by atoms with Gasteiger partial charge in [-0.3, -0.25) is 0 Å². The summed E-state index contributed by atoms with van der Waals surface area (Å²) < 4.78 is 45.0. The summed E-state index contributed by atoms with van der Waals surface area (Å²) in [5.41, 5.74) is -0.306. The number of ether oxygens (including phenoxy) is 1. The first kappa shape index (κ1) is 20.8. The molecule has 9 heteroatoms. The lowest BCUT2D eigenvalue weighted by atomic mass is 9.96. The smallest absolute Gasteiger partial charge is 0.339 e. The van der Waals surface area contributed by atoms with E-state index < -0.39 is 21.8 Å². The highest BCUT2D eigenvalue weighted by Gasteiger charge is 2.24. The van der Waals surface area contributed by atoms with E-state index in [1.165, 1.54) is 0 Å². The van der Waals surface area contributed by atoms with Crippen LogP contribution in [0.2, 0.25) is 0 Å². The number of carbonyl (C=O) groups is 1. The van der Waals surface area contributed by atoms with Crippen LogP contribution in [0.4, 0.5) is 4.39 Å². The van der Waals surface area contributed by atoms with Crippen molar-refractivity contribution in [2.45, 2.75) is 24.2 Å². The van der Waals surface area contributed by atoms with Crippen molar-refractivity contribution in [2.24, 2.45) is 5.92 Å². The van der Waals surface area contributed by atoms with Gasteiger partial charge in [0.15, 0.2) is 0 Å². The number of halogens is 2. The number of piperidine rings is 1. The van der Waals surface area contributed by atoms with Crippen LogP contribution in [0.3, 0.4) is 0 Å². The van der Waals surface area contributed by atoms with Gasteiger partial charge >= 0.3 is 5.97 Å². The molecule has 136 valence electrons. The molecule has 1 aliphatic heterocycles. The Balaban J connectivity index is 0.00000288. The van der Waals surface area contributed by atoms with Gasteiger partial charge in [0.1, 0.15) is 5.82 Å². The molecule has 6 nitrogen and oxygen atoms in total. The van der Waals surface area contributed by atoms with Crippen LogP contribution in [-0.2, 0) is 14.8 Å². The number of benzene rings is 1. The van der Waals surface area contributed by atoms with Crippen molar-refractivity contribution < 1.29 is 22.3 Å². The van der Waals surface area contributed by atoms with Gasteiger partial charge in [-0.2, -0.15) is 0 Å². The van der Waals surface area contributed by atoms with Gasteiger partial charge in [-0.1, -0.05) is 0 Å². The van der Waals surface area contributed by atoms with Crippen molar-refractivity contribution in [1.29, 1.82) is 0 Å². The molecule has 1 saturated heterocycles. The van der Waals surface area contributed by atoms with Crippen LogP contribution in [0.15, 0.2) is 23.1 Å². The number of hydrogen-bond acceptors (Lipinski definition) is 5. The van der Waals surface area contributed by atoms with E-state index >= 15 is 0 Å². The topological polar surface area (TPSA) is 84.5 Å². The number of sulfonamides is 1. The lowest BCUT2D eigenvalue weighted by Crippen LogP contribution is -2.33. The van der Waals surface area contributed by atoms with Gasteiger partial charge < -0.3 is 10.1 Å². The zero-order valence-electron chi connectivity index (χ0n) is 13.4. The molecule has 0 saturated carbocycles. The molecule has 0 aromatic heterocycles. The maximum atomic E-state index is 13.3. The molecule has 1 aromatic rings. The van der Waals surface area contributed by atoms with E-state index in [0.29, 0.717) is 12.3 Å². The Bertz CT molecular complexity index is 663. The van der Waals surface area contributed by atoms with Crippen molar-refractivity contribution in [3.63, 3.8) is 0 Å². The van der Waals surface area contributed by atoms with Crippen LogP contribution < -0.4 is 10.0 Å². The third kappa shape index (κ3) is 5.41. The molecular formula is C15H22ClFN2O4S. The summed E-state index contributed by atoms with van der Waals surface area (Å²) in [6.45, 7) is 2.15. The minimum Gasteiger partial charge on any atom is -0.465 e. The number of carbonyl (C=O) groups excluding carboxylic acids is 1. The first-order valence-corrected chi connectivity index (χ1v) is 9.00. The second-order valence-electron chi connectivity index (χ2n) is 5.53. The van der Waals surface area contributed by atoms with Crippen LogP contribution in [-0.4, -0.2) is 41.1 Å². The molecule has 1 aromatic carbocycles. The van der Waals surface area contributed by atoms with Crippen molar-refractivity contribution in [1.82, 2.24) is 10.0 Å². The van der Waals surface area contributed by atoms with E-state index in [4.69, 9.17) is 0 Å². The van der Waals surface area contributed by atoms with E-state index in [0.717, 1.165) is 51.2 Å². The van der Waals surface area contributed by atoms with E-state index in [1.54, 1.807) is 0 Å². The summed E-state index contributed by atoms with van der Waals surface area (Å²) >= 11 is 0. The highest BCUT2D eigenvalue weighted by molar-refractivity contribution is 7.89. The third-order valence-corrected chi connectivity index (χ3v) is 5.40. The number of esters is 1. The van der Waals surface area contributed by atoms with E-state index in [-0.39, 0.29) is 29.4 Å². The molecule has 1 unspecified atom stereocenters. The zero-order valence-corrected chi connectivity index (χ0v) is 15.0. The predicted molar refractivity (Wildman–Crippen MR) is 90.4 cm³/mol. The molecule has 0 aliphatic carbocycles. The van der Waals surface area contributed by atoms with Gasteiger partial charge in [0.25, 0.3) is 0 Å². The van der Waals surface area contributed by atoms with Crippen LogP contribution in [0.1, 0.15) is 29.6 Å². The summed E-state index contributed by atoms with van der Waals surface area (Å²) in [4.78, 5) is 11.4. The Morgan fingerprint density at radius 3 is 2.83 bits per heavy atom. The quantitative estimate of drug-likeness (QED) is 0.734. The number of rotatable bonds is 6. The first-order valence-electron chi connectivity index (χ1n) is 7.52. The Hall–Kier alpha value is -1.22. The monoisotopic (exact) mass is 380 g/mol. The first-order chi connectivity index (χ1) is 10.9. The minimum atomic E-state index is -3.90. The highest BCUT2D eigenvalue weighted by Crippen LogP contribution is 2.19. The van der Waals surface area contributed by atoms with Crippen LogP contribution in [0.5, 0.6) is 0 Å². The van der Waals surface area contributed by atoms with Gasteiger partial charge in [-0.15, -0.1) is 12.4 Å². The fourth-order valence-electron chi connectivity index (χ4n) is 2.65. The van der Waals surface area contributed by atoms with Gasteiger partial charge in [-0.25, -0.2) is 22.3 Å². The molecular weight excluding hydrogens is 359 g/mol. The van der Waals surface area contributed by atoms with Crippen LogP contribution in [0, 0.1) is 11.7 Å². The lowest BCUT2D eigenvalue weighted by Gasteiger charge is -2.22. The van der Waals surface area contributed by atoms with Gasteiger partial charge in [-0.05, 0) is 56.5 Å². The molecule has 1 heterocycles. The lowest BCUT2D eigenvalue weighted by molar-refractivity contribution is 0.0595. The molecule has 0 bridgehead atoms. The fourth-order valence-corrected chi connectivity index (χ4v) is 3.87. The van der Waals surface area contributed by atoms with Crippen LogP contribution in [0.25, 0.3) is 0 Å². The molecule has 24 heavy (non-hydrogen) atoms. The highest BCUT2D eigenvalue weighted by atomic mass is 35.5. The predicted octanol–water partition coefficient (Wildman–Crippen LogP) is 1.70. The SMILES string of the molecule is COC(=O)c1cc(F)ccc1S(=O)(=O)NCCC1CCCNC1.Cl. The Labute approximate surface area is 147 Å². The zero-order chi connectivity index (χ0) is 16.9. The molecule has 0 radical (unpaired) electrons. The summed E-state index contributed by atoms with van der Waals surface area (Å²) in [6, 6.07) is 2.95. The molecule has 0 spiro atoms. The molecule has 1 atom stereocenters. The van der Waals surface area contributed by atoms with Crippen molar-refractivity contribution in [3.05, 3.63) is 29.6 Å². The second-order valence-corrected chi connectivity index (χ2v) is 7.27. The molecule has 2 N–H and O–H groups in total. The van der Waals surface area contributed by atoms with Gasteiger partial charge in [0, 0.05) is 6.54 Å². The van der Waals surface area contributed by atoms with E-state index in [1.807, 2.05) is 0 Å². The normalized spacial score (nSPS) is 17.8. The number of methoxy groups -OCH3 is 1.